The summed E-state index contributed by atoms with van der Waals surface area (Å²) in [4.78, 5) is 18.8. The first kappa shape index (κ1) is 21.9. The van der Waals surface area contributed by atoms with Crippen LogP contribution in [-0.2, 0) is 0 Å². The number of aromatic nitrogens is 3. The Hall–Kier alpha value is -1.93. The van der Waals surface area contributed by atoms with Crippen molar-refractivity contribution in [2.24, 2.45) is 5.92 Å². The second-order valence-corrected chi connectivity index (χ2v) is 9.12. The number of aromatic carboxylic acids is 1. The number of piperidine rings is 1. The number of nitrogens with zero attached hydrogens (tertiary/aromatic N) is 4. The van der Waals surface area contributed by atoms with Crippen molar-refractivity contribution in [3.8, 4) is 5.69 Å². The number of carboxylic acids is 1. The van der Waals surface area contributed by atoms with E-state index >= 15 is 0 Å². The van der Waals surface area contributed by atoms with E-state index in [4.69, 9.17) is 5.10 Å². The summed E-state index contributed by atoms with van der Waals surface area (Å²) in [5.41, 5.74) is 3.51. The maximum atomic E-state index is 11.9. The minimum atomic E-state index is -1.24. The maximum absolute atomic E-state index is 11.9. The second-order valence-electron chi connectivity index (χ2n) is 9.12. The number of benzene rings is 1. The molecule has 3 aromatic rings. The van der Waals surface area contributed by atoms with Crippen molar-refractivity contribution in [2.45, 2.75) is 44.1 Å². The van der Waals surface area contributed by atoms with Gasteiger partial charge in [0.15, 0.2) is 5.65 Å². The summed E-state index contributed by atoms with van der Waals surface area (Å²) >= 11 is 0. The Morgan fingerprint density at radius 3 is 2.66 bits per heavy atom. The van der Waals surface area contributed by atoms with Crippen molar-refractivity contribution < 1.29 is 39.5 Å². The van der Waals surface area contributed by atoms with E-state index in [0.29, 0.717) is 23.5 Å². The number of carboxylic acid groups (broad SMARTS) is 1. The van der Waals surface area contributed by atoms with Crippen molar-refractivity contribution in [3.63, 3.8) is 0 Å². The van der Waals surface area contributed by atoms with E-state index in [9.17, 15) is 9.90 Å². The molecule has 2 aromatic heterocycles. The van der Waals surface area contributed by atoms with Gasteiger partial charge >= 0.3 is 29.6 Å². The minimum Gasteiger partial charge on any atom is -0.543 e. The van der Waals surface area contributed by atoms with Gasteiger partial charge < -0.3 is 20.1 Å². The van der Waals surface area contributed by atoms with Gasteiger partial charge in [-0.25, -0.2) is 9.67 Å². The van der Waals surface area contributed by atoms with E-state index in [-0.39, 0.29) is 35.3 Å². The first-order valence-corrected chi connectivity index (χ1v) is 11.4. The molecule has 2 atom stereocenters. The number of para-hydroxylation sites is 1. The van der Waals surface area contributed by atoms with Crippen molar-refractivity contribution in [1.82, 2.24) is 20.1 Å². The number of hydrogen-bond acceptors (Lipinski definition) is 6. The summed E-state index contributed by atoms with van der Waals surface area (Å²) in [6, 6.07) is 12.2. The number of rotatable bonds is 4. The Bertz CT molecular complexity index is 1140. The average molecular weight is 439 g/mol. The third-order valence-corrected chi connectivity index (χ3v) is 7.34. The molecule has 0 radical (unpaired) electrons. The summed E-state index contributed by atoms with van der Waals surface area (Å²) in [6.45, 7) is 2.91. The summed E-state index contributed by atoms with van der Waals surface area (Å²) in [7, 11) is 0. The summed E-state index contributed by atoms with van der Waals surface area (Å²) in [6.07, 6.45) is 5.69. The van der Waals surface area contributed by atoms with Crippen LogP contribution in [0.4, 0.5) is 5.69 Å². The number of fused-ring (bicyclic) bond motifs is 2. The second kappa shape index (κ2) is 8.78. The average Bonchev–Trinajstić information content (AvgIpc) is 3.37. The quantitative estimate of drug-likeness (QED) is 0.538. The molecule has 8 heteroatoms. The molecule has 2 unspecified atom stereocenters. The zero-order valence-electron chi connectivity index (χ0n) is 18.5. The predicted molar refractivity (Wildman–Crippen MR) is 117 cm³/mol. The number of carbonyl (C=O) groups excluding carboxylic acids is 1. The molecular weight excluding hydrogens is 413 g/mol. The van der Waals surface area contributed by atoms with E-state index in [1.54, 1.807) is 6.07 Å². The molecule has 6 rings (SSSR count). The largest absolute Gasteiger partial charge is 1.00 e. The molecule has 7 nitrogen and oxygen atoms in total. The Morgan fingerprint density at radius 2 is 1.94 bits per heavy atom. The van der Waals surface area contributed by atoms with Crippen LogP contribution in [0.1, 0.15) is 54.2 Å². The monoisotopic (exact) mass is 439 g/mol. The van der Waals surface area contributed by atoms with Gasteiger partial charge in [0.25, 0.3) is 0 Å². The fraction of sp³-hybridized carbons (Fsp3) is 0.458. The van der Waals surface area contributed by atoms with Gasteiger partial charge in [0.1, 0.15) is 0 Å². The Morgan fingerprint density at radius 1 is 1.12 bits per heavy atom. The minimum absolute atomic E-state index is 0. The number of pyridine rings is 1. The van der Waals surface area contributed by atoms with Crippen LogP contribution in [-0.4, -0.2) is 46.4 Å². The van der Waals surface area contributed by atoms with Crippen molar-refractivity contribution in [3.05, 3.63) is 47.8 Å². The molecule has 160 valence electrons. The Balaban J connectivity index is 0.00000216. The third kappa shape index (κ3) is 3.65. The van der Waals surface area contributed by atoms with Crippen molar-refractivity contribution in [1.29, 1.82) is 0 Å². The molecule has 2 saturated heterocycles. The third-order valence-electron chi connectivity index (χ3n) is 7.34. The maximum Gasteiger partial charge on any atom is 1.00 e. The molecule has 1 N–H and O–H groups in total. The van der Waals surface area contributed by atoms with Crippen LogP contribution in [0.25, 0.3) is 16.7 Å². The van der Waals surface area contributed by atoms with Gasteiger partial charge in [-0.3, -0.25) is 0 Å². The molecule has 3 aliphatic rings. The van der Waals surface area contributed by atoms with Gasteiger partial charge in [-0.2, -0.15) is 5.10 Å². The zero-order valence-corrected chi connectivity index (χ0v) is 20.5. The van der Waals surface area contributed by atoms with Crippen LogP contribution in [0.2, 0.25) is 0 Å². The zero-order chi connectivity index (χ0) is 20.9. The van der Waals surface area contributed by atoms with Crippen molar-refractivity contribution in [2.75, 3.05) is 24.5 Å². The van der Waals surface area contributed by atoms with Crippen molar-refractivity contribution >= 4 is 22.7 Å². The molecule has 1 saturated carbocycles. The fourth-order valence-corrected chi connectivity index (χ4v) is 5.46. The van der Waals surface area contributed by atoms with Gasteiger partial charge in [-0.1, -0.05) is 24.6 Å². The first-order chi connectivity index (χ1) is 15.2. The number of nitrogens with one attached hydrogen (secondary N) is 1. The first-order valence-electron chi connectivity index (χ1n) is 11.4. The molecule has 32 heavy (non-hydrogen) atoms. The van der Waals surface area contributed by atoms with Crippen LogP contribution >= 0.6 is 0 Å². The molecule has 0 bridgehead atoms. The predicted octanol–water partition coefficient (Wildman–Crippen LogP) is -0.756. The number of hydrogen-bond donors (Lipinski definition) is 1. The smallest absolute Gasteiger partial charge is 0.543 e. The van der Waals surface area contributed by atoms with E-state index in [0.717, 1.165) is 61.4 Å². The van der Waals surface area contributed by atoms with Gasteiger partial charge in [0, 0.05) is 25.0 Å². The molecule has 0 amide bonds. The summed E-state index contributed by atoms with van der Waals surface area (Å²) < 4.78 is 1.82. The molecule has 0 spiro atoms. The number of anilines is 1. The Labute approximate surface area is 209 Å². The fourth-order valence-electron chi connectivity index (χ4n) is 5.46. The van der Waals surface area contributed by atoms with E-state index in [2.05, 4.69) is 15.2 Å². The topological polar surface area (TPSA) is 86.1 Å². The molecule has 4 heterocycles. The van der Waals surface area contributed by atoms with Crippen LogP contribution in [0.15, 0.2) is 36.4 Å². The molecule has 1 aliphatic carbocycles. The van der Waals surface area contributed by atoms with Crippen LogP contribution in [0, 0.1) is 5.92 Å². The number of carbonyl (C=O) groups is 1. The molecule has 1 aromatic carbocycles. The van der Waals surface area contributed by atoms with E-state index in [1.165, 1.54) is 12.8 Å². The molecule has 2 aliphatic heterocycles. The van der Waals surface area contributed by atoms with E-state index < -0.39 is 5.97 Å². The van der Waals surface area contributed by atoms with Crippen LogP contribution in [0.3, 0.4) is 0 Å². The van der Waals surface area contributed by atoms with Gasteiger partial charge in [-0.05, 0) is 56.3 Å². The standard InChI is InChI=1S/C24H27N5O2.Na/c30-24(31)19-13-20(28-12-10-18-16(14-28)9-11-25-18)21-22(15-5-4-6-15)27-29(23(21)26-19)17-7-2-1-3-8-17;/h1-3,7-8,13,15-16,18,25H,4-6,9-12,14H2,(H,30,31);/q;+1/p-1. The van der Waals surface area contributed by atoms with Gasteiger partial charge in [0.05, 0.1) is 34.1 Å². The van der Waals surface area contributed by atoms with E-state index in [1.807, 2.05) is 35.0 Å². The SMILES string of the molecule is O=C([O-])c1cc(N2CCC3NCCC3C2)c2c(C3CCC3)nn(-c3ccccc3)c2n1.[Na+]. The molecular formula is C24H26N5NaO2. The molecule has 3 fully saturated rings. The summed E-state index contributed by atoms with van der Waals surface area (Å²) in [5, 5.41) is 21.5. The van der Waals surface area contributed by atoms with Crippen LogP contribution in [0.5, 0.6) is 0 Å². The van der Waals surface area contributed by atoms with Gasteiger partial charge in [0.2, 0.25) is 0 Å². The van der Waals surface area contributed by atoms with Gasteiger partial charge in [-0.15, -0.1) is 0 Å². The Kier molecular flexibility index (Phi) is 6.01. The summed E-state index contributed by atoms with van der Waals surface area (Å²) in [5.74, 6) is -0.237. The van der Waals surface area contributed by atoms with Crippen LogP contribution < -0.4 is 44.9 Å². The normalized spacial score (nSPS) is 22.9.